The van der Waals surface area contributed by atoms with Gasteiger partial charge in [0.1, 0.15) is 0 Å². The molecule has 0 heterocycles. The number of phenols is 1. The number of aromatic hydroxyl groups is 1. The van der Waals surface area contributed by atoms with Crippen LogP contribution in [0.5, 0.6) is 11.5 Å². The standard InChI is InChI=1S/C16H13F3O4S/c1-22-15(21)8-10-3-2-4-11(7-10)12-5-6-13(20)14(9-12)23-24-16(17,18)19/h2-7,9,20H,8H2,1H3. The Morgan fingerprint density at radius 2 is 1.88 bits per heavy atom. The number of alkyl halides is 3. The molecule has 0 amide bonds. The van der Waals surface area contributed by atoms with Crippen LogP contribution >= 0.6 is 12.0 Å². The first-order valence-corrected chi connectivity index (χ1v) is 7.44. The molecular formula is C16H13F3O4S. The number of carbonyl (C=O) groups is 1. The summed E-state index contributed by atoms with van der Waals surface area (Å²) in [4.78, 5) is 11.3. The number of carbonyl (C=O) groups excluding carboxylic acids is 1. The van der Waals surface area contributed by atoms with Crippen LogP contribution in [0.25, 0.3) is 11.1 Å². The summed E-state index contributed by atoms with van der Waals surface area (Å²) in [6.45, 7) is 0. The lowest BCUT2D eigenvalue weighted by molar-refractivity contribution is -0.139. The summed E-state index contributed by atoms with van der Waals surface area (Å²) in [5.74, 6) is -1.10. The van der Waals surface area contributed by atoms with Gasteiger partial charge in [0, 0.05) is 0 Å². The van der Waals surface area contributed by atoms with Gasteiger partial charge in [-0.25, -0.2) is 0 Å². The van der Waals surface area contributed by atoms with E-state index >= 15 is 0 Å². The van der Waals surface area contributed by atoms with Crippen molar-refractivity contribution in [3.63, 3.8) is 0 Å². The lowest BCUT2D eigenvalue weighted by atomic mass is 10.0. The van der Waals surface area contributed by atoms with E-state index in [9.17, 15) is 23.1 Å². The van der Waals surface area contributed by atoms with Crippen molar-refractivity contribution < 1.29 is 32.0 Å². The average molecular weight is 358 g/mol. The van der Waals surface area contributed by atoms with Gasteiger partial charge in [0.05, 0.1) is 13.5 Å². The fourth-order valence-electron chi connectivity index (χ4n) is 1.95. The molecule has 2 aromatic carbocycles. The fourth-order valence-corrected chi connectivity index (χ4v) is 2.27. The van der Waals surface area contributed by atoms with E-state index in [-0.39, 0.29) is 12.2 Å². The number of ether oxygens (including phenoxy) is 1. The summed E-state index contributed by atoms with van der Waals surface area (Å²) < 4.78 is 45.8. The summed E-state index contributed by atoms with van der Waals surface area (Å²) in [5, 5.41) is 9.62. The Bertz CT molecular complexity index is 732. The predicted molar refractivity (Wildman–Crippen MR) is 83.5 cm³/mol. The molecule has 0 fully saturated rings. The third-order valence-electron chi connectivity index (χ3n) is 3.02. The van der Waals surface area contributed by atoms with Gasteiger partial charge in [-0.15, -0.1) is 0 Å². The molecule has 0 aliphatic rings. The zero-order valence-corrected chi connectivity index (χ0v) is 13.3. The summed E-state index contributed by atoms with van der Waals surface area (Å²) in [5.41, 5.74) is -2.68. The maximum Gasteiger partial charge on any atom is 0.479 e. The zero-order chi connectivity index (χ0) is 17.7. The highest BCUT2D eigenvalue weighted by Crippen LogP contribution is 2.38. The number of rotatable bonds is 5. The van der Waals surface area contributed by atoms with Gasteiger partial charge >= 0.3 is 11.5 Å². The predicted octanol–water partition coefficient (Wildman–Crippen LogP) is 4.32. The minimum Gasteiger partial charge on any atom is -0.504 e. The maximum atomic E-state index is 12.2. The first kappa shape index (κ1) is 18.0. The highest BCUT2D eigenvalue weighted by atomic mass is 32.2. The number of phenolic OH excluding ortho intramolecular Hbond substituents is 1. The molecule has 128 valence electrons. The molecule has 0 unspecified atom stereocenters. The molecule has 2 rings (SSSR count). The SMILES string of the molecule is COC(=O)Cc1cccc(-c2ccc(O)c(OSC(F)(F)F)c2)c1. The number of esters is 1. The molecule has 8 heteroatoms. The van der Waals surface area contributed by atoms with Gasteiger partial charge in [0.15, 0.2) is 23.5 Å². The second kappa shape index (κ2) is 7.48. The first-order chi connectivity index (χ1) is 11.3. The van der Waals surface area contributed by atoms with Crippen molar-refractivity contribution in [2.75, 3.05) is 7.11 Å². The van der Waals surface area contributed by atoms with Gasteiger partial charge in [0.25, 0.3) is 0 Å². The van der Waals surface area contributed by atoms with Gasteiger partial charge in [0.2, 0.25) is 0 Å². The summed E-state index contributed by atoms with van der Waals surface area (Å²) in [6.07, 6.45) is 0.0791. The smallest absolute Gasteiger partial charge is 0.479 e. The van der Waals surface area contributed by atoms with E-state index in [1.54, 1.807) is 24.3 Å². The normalized spacial score (nSPS) is 11.2. The molecule has 24 heavy (non-hydrogen) atoms. The Morgan fingerprint density at radius 1 is 1.17 bits per heavy atom. The van der Waals surface area contributed by atoms with Crippen molar-refractivity contribution in [1.82, 2.24) is 0 Å². The van der Waals surface area contributed by atoms with Crippen LogP contribution in [0.2, 0.25) is 0 Å². The van der Waals surface area contributed by atoms with E-state index in [0.717, 1.165) is 0 Å². The number of hydrogen-bond acceptors (Lipinski definition) is 5. The average Bonchev–Trinajstić information content (AvgIpc) is 2.53. The highest BCUT2D eigenvalue weighted by molar-refractivity contribution is 7.95. The Balaban J connectivity index is 2.26. The quantitative estimate of drug-likeness (QED) is 0.637. The van der Waals surface area contributed by atoms with Crippen molar-refractivity contribution in [3.05, 3.63) is 48.0 Å². The molecule has 0 aliphatic carbocycles. The van der Waals surface area contributed by atoms with Crippen LogP contribution in [-0.4, -0.2) is 23.7 Å². The lowest BCUT2D eigenvalue weighted by Crippen LogP contribution is -2.04. The summed E-state index contributed by atoms with van der Waals surface area (Å²) in [7, 11) is 1.29. The molecule has 0 saturated heterocycles. The molecular weight excluding hydrogens is 345 g/mol. The minimum atomic E-state index is -4.58. The molecule has 0 aliphatic heterocycles. The molecule has 0 spiro atoms. The number of halogens is 3. The van der Waals surface area contributed by atoms with Crippen molar-refractivity contribution in [3.8, 4) is 22.6 Å². The molecule has 0 aromatic heterocycles. The number of methoxy groups -OCH3 is 1. The van der Waals surface area contributed by atoms with Crippen LogP contribution < -0.4 is 4.18 Å². The molecule has 0 bridgehead atoms. The maximum absolute atomic E-state index is 12.2. The van der Waals surface area contributed by atoms with Gasteiger partial charge in [-0.3, -0.25) is 4.79 Å². The third-order valence-corrected chi connectivity index (χ3v) is 3.47. The third kappa shape index (κ3) is 5.09. The minimum absolute atomic E-state index is 0.0791. The van der Waals surface area contributed by atoms with Gasteiger partial charge in [-0.1, -0.05) is 30.3 Å². The Labute approximate surface area is 140 Å². The summed E-state index contributed by atoms with van der Waals surface area (Å²) in [6, 6.07) is 11.0. The van der Waals surface area contributed by atoms with Crippen LogP contribution in [0.4, 0.5) is 13.2 Å². The van der Waals surface area contributed by atoms with Crippen molar-refractivity contribution in [2.45, 2.75) is 11.9 Å². The first-order valence-electron chi connectivity index (χ1n) is 6.70. The molecule has 1 N–H and O–H groups in total. The van der Waals surface area contributed by atoms with Gasteiger partial charge < -0.3 is 14.0 Å². The lowest BCUT2D eigenvalue weighted by Gasteiger charge is -2.10. The van der Waals surface area contributed by atoms with Crippen molar-refractivity contribution in [2.24, 2.45) is 0 Å². The molecule has 0 saturated carbocycles. The van der Waals surface area contributed by atoms with Crippen LogP contribution in [0.1, 0.15) is 5.56 Å². The second-order valence-corrected chi connectivity index (χ2v) is 5.54. The zero-order valence-electron chi connectivity index (χ0n) is 12.5. The van der Waals surface area contributed by atoms with Gasteiger partial charge in [-0.05, 0) is 28.8 Å². The van der Waals surface area contributed by atoms with Crippen molar-refractivity contribution >= 4 is 18.0 Å². The Hall–Kier alpha value is -2.35. The van der Waals surface area contributed by atoms with Crippen LogP contribution in [0.3, 0.4) is 0 Å². The monoisotopic (exact) mass is 358 g/mol. The summed E-state index contributed by atoms with van der Waals surface area (Å²) >= 11 is -0.702. The number of hydrogen-bond donors (Lipinski definition) is 1. The van der Waals surface area contributed by atoms with E-state index in [1.165, 1.54) is 25.3 Å². The molecule has 2 aromatic rings. The van der Waals surface area contributed by atoms with Crippen LogP contribution in [0, 0.1) is 0 Å². The van der Waals surface area contributed by atoms with E-state index in [0.29, 0.717) is 16.7 Å². The molecule has 0 atom stereocenters. The van der Waals surface area contributed by atoms with Gasteiger partial charge in [-0.2, -0.15) is 13.2 Å². The second-order valence-electron chi connectivity index (χ2n) is 4.75. The van der Waals surface area contributed by atoms with E-state index in [2.05, 4.69) is 8.92 Å². The Morgan fingerprint density at radius 3 is 2.54 bits per heavy atom. The largest absolute Gasteiger partial charge is 0.504 e. The topological polar surface area (TPSA) is 55.8 Å². The van der Waals surface area contributed by atoms with Crippen LogP contribution in [-0.2, 0) is 16.0 Å². The molecule has 0 radical (unpaired) electrons. The van der Waals surface area contributed by atoms with E-state index in [1.807, 2.05) is 0 Å². The van der Waals surface area contributed by atoms with Crippen LogP contribution in [0.15, 0.2) is 42.5 Å². The fraction of sp³-hybridized carbons (Fsp3) is 0.188. The van der Waals surface area contributed by atoms with E-state index < -0.39 is 29.3 Å². The van der Waals surface area contributed by atoms with Crippen molar-refractivity contribution in [1.29, 1.82) is 0 Å². The Kier molecular flexibility index (Phi) is 5.61. The number of benzene rings is 2. The van der Waals surface area contributed by atoms with E-state index in [4.69, 9.17) is 0 Å². The molecule has 4 nitrogen and oxygen atoms in total. The highest BCUT2D eigenvalue weighted by Gasteiger charge is 2.32.